The van der Waals surface area contributed by atoms with Crippen LogP contribution in [0.1, 0.15) is 19.8 Å². The van der Waals surface area contributed by atoms with Crippen LogP contribution in [0.15, 0.2) is 24.4 Å². The summed E-state index contributed by atoms with van der Waals surface area (Å²) in [4.78, 5) is 14.4. The van der Waals surface area contributed by atoms with Crippen molar-refractivity contribution in [2.75, 3.05) is 0 Å². The molecule has 0 atom stereocenters. The van der Waals surface area contributed by atoms with E-state index < -0.39 is 0 Å². The number of nitrogens with one attached hydrogen (secondary N) is 1. The first-order chi connectivity index (χ1) is 7.70. The average molecular weight is 238 g/mol. The number of halogens is 1. The van der Waals surface area contributed by atoms with Crippen molar-refractivity contribution in [1.82, 2.24) is 4.98 Å². The molecule has 0 bridgehead atoms. The van der Waals surface area contributed by atoms with Crippen LogP contribution in [0.5, 0.6) is 5.75 Å². The Bertz CT molecular complexity index is 519. The summed E-state index contributed by atoms with van der Waals surface area (Å²) >= 11 is 5.86. The maximum absolute atomic E-state index is 11.4. The molecule has 0 saturated heterocycles. The fraction of sp³-hybridized carbons (Fsp3) is 0.250. The number of H-pyrrole nitrogens is 1. The third-order valence-electron chi connectivity index (χ3n) is 2.28. The van der Waals surface area contributed by atoms with Crippen molar-refractivity contribution < 1.29 is 9.53 Å². The lowest BCUT2D eigenvalue weighted by Gasteiger charge is -2.01. The molecule has 1 heterocycles. The Hall–Kier alpha value is -1.48. The Balaban J connectivity index is 2.28. The van der Waals surface area contributed by atoms with Gasteiger partial charge in [0.1, 0.15) is 0 Å². The van der Waals surface area contributed by atoms with Gasteiger partial charge in [0.2, 0.25) is 0 Å². The van der Waals surface area contributed by atoms with E-state index >= 15 is 0 Å². The number of rotatable bonds is 3. The number of hydrogen-bond donors (Lipinski definition) is 1. The molecule has 1 N–H and O–H groups in total. The van der Waals surface area contributed by atoms with Crippen molar-refractivity contribution >= 4 is 28.5 Å². The minimum absolute atomic E-state index is 0.210. The first-order valence-electron chi connectivity index (χ1n) is 5.18. The van der Waals surface area contributed by atoms with Gasteiger partial charge in [-0.3, -0.25) is 4.79 Å². The molecule has 0 unspecified atom stereocenters. The Labute approximate surface area is 98.4 Å². The Morgan fingerprint density at radius 2 is 2.31 bits per heavy atom. The van der Waals surface area contributed by atoms with E-state index in [-0.39, 0.29) is 5.97 Å². The van der Waals surface area contributed by atoms with Crippen LogP contribution in [-0.2, 0) is 4.79 Å². The quantitative estimate of drug-likeness (QED) is 0.830. The lowest BCUT2D eigenvalue weighted by Crippen LogP contribution is -2.06. The highest BCUT2D eigenvalue weighted by Gasteiger charge is 2.09. The minimum Gasteiger partial charge on any atom is -0.424 e. The fourth-order valence-corrected chi connectivity index (χ4v) is 1.71. The lowest BCUT2D eigenvalue weighted by molar-refractivity contribution is -0.134. The molecular formula is C12H12ClNO2. The van der Waals surface area contributed by atoms with E-state index in [4.69, 9.17) is 16.3 Å². The van der Waals surface area contributed by atoms with Gasteiger partial charge in [0.15, 0.2) is 5.75 Å². The zero-order valence-corrected chi connectivity index (χ0v) is 9.67. The summed E-state index contributed by atoms with van der Waals surface area (Å²) in [7, 11) is 0. The molecule has 1 aromatic heterocycles. The van der Waals surface area contributed by atoms with Gasteiger partial charge >= 0.3 is 5.97 Å². The van der Waals surface area contributed by atoms with Crippen molar-refractivity contribution in [3.05, 3.63) is 29.4 Å². The molecule has 0 fully saturated rings. The summed E-state index contributed by atoms with van der Waals surface area (Å²) < 4.78 is 5.23. The van der Waals surface area contributed by atoms with Crippen molar-refractivity contribution in [2.24, 2.45) is 0 Å². The van der Waals surface area contributed by atoms with Crippen molar-refractivity contribution in [2.45, 2.75) is 19.8 Å². The molecule has 4 heteroatoms. The zero-order chi connectivity index (χ0) is 11.5. The maximum Gasteiger partial charge on any atom is 0.311 e. The van der Waals surface area contributed by atoms with Crippen molar-refractivity contribution in [1.29, 1.82) is 0 Å². The predicted octanol–water partition coefficient (Wildman–Crippen LogP) is 3.53. The number of ether oxygens (including phenoxy) is 1. The maximum atomic E-state index is 11.4. The molecule has 16 heavy (non-hydrogen) atoms. The summed E-state index contributed by atoms with van der Waals surface area (Å²) in [6, 6.07) is 5.41. The lowest BCUT2D eigenvalue weighted by atomic mass is 10.2. The van der Waals surface area contributed by atoms with Gasteiger partial charge in [-0.05, 0) is 24.6 Å². The number of aromatic amines is 1. The van der Waals surface area contributed by atoms with E-state index in [0.29, 0.717) is 17.2 Å². The molecule has 0 spiro atoms. The second-order valence-corrected chi connectivity index (χ2v) is 4.00. The summed E-state index contributed by atoms with van der Waals surface area (Å²) in [5, 5.41) is 1.52. The number of fused-ring (bicyclic) bond motifs is 1. The highest BCUT2D eigenvalue weighted by atomic mass is 35.5. The third kappa shape index (κ3) is 2.19. The van der Waals surface area contributed by atoms with Crippen LogP contribution in [0.4, 0.5) is 0 Å². The van der Waals surface area contributed by atoms with Gasteiger partial charge in [-0.25, -0.2) is 0 Å². The zero-order valence-electron chi connectivity index (χ0n) is 8.92. The molecule has 0 amide bonds. The molecule has 0 aliphatic carbocycles. The van der Waals surface area contributed by atoms with Gasteiger partial charge in [0.25, 0.3) is 0 Å². The van der Waals surface area contributed by atoms with E-state index in [2.05, 4.69) is 4.98 Å². The van der Waals surface area contributed by atoms with E-state index in [1.165, 1.54) is 0 Å². The van der Waals surface area contributed by atoms with Gasteiger partial charge in [0.05, 0.1) is 5.52 Å². The van der Waals surface area contributed by atoms with Crippen LogP contribution in [0, 0.1) is 0 Å². The molecule has 0 saturated carbocycles. The first kappa shape index (κ1) is 11.0. The molecule has 0 aliphatic rings. The molecule has 0 radical (unpaired) electrons. The second kappa shape index (κ2) is 4.58. The Morgan fingerprint density at radius 1 is 1.50 bits per heavy atom. The van der Waals surface area contributed by atoms with Gasteiger partial charge in [0, 0.05) is 23.0 Å². The molecule has 3 nitrogen and oxygen atoms in total. The highest BCUT2D eigenvalue weighted by molar-refractivity contribution is 6.31. The molecule has 2 rings (SSSR count). The van der Waals surface area contributed by atoms with Crippen molar-refractivity contribution in [3.8, 4) is 5.75 Å². The topological polar surface area (TPSA) is 42.1 Å². The van der Waals surface area contributed by atoms with Crippen LogP contribution >= 0.6 is 11.6 Å². The summed E-state index contributed by atoms with van der Waals surface area (Å²) in [5.74, 6) is 0.350. The smallest absolute Gasteiger partial charge is 0.311 e. The van der Waals surface area contributed by atoms with Crippen molar-refractivity contribution in [3.63, 3.8) is 0 Å². The number of esters is 1. The van der Waals surface area contributed by atoms with Crippen LogP contribution < -0.4 is 4.74 Å². The van der Waals surface area contributed by atoms with Gasteiger partial charge in [-0.1, -0.05) is 18.5 Å². The van der Waals surface area contributed by atoms with Crippen LogP contribution in [0.25, 0.3) is 10.9 Å². The SMILES string of the molecule is CCCC(=O)Oc1c[nH]c2cc(Cl)ccc12. The molecule has 84 valence electrons. The third-order valence-corrected chi connectivity index (χ3v) is 2.52. The van der Waals surface area contributed by atoms with Crippen LogP contribution in [0.3, 0.4) is 0 Å². The Kier molecular flexibility index (Phi) is 3.15. The normalized spacial score (nSPS) is 10.6. The molecule has 2 aromatic rings. The first-order valence-corrected chi connectivity index (χ1v) is 5.56. The largest absolute Gasteiger partial charge is 0.424 e. The summed E-state index contributed by atoms with van der Waals surface area (Å²) in [5.41, 5.74) is 0.867. The van der Waals surface area contributed by atoms with E-state index in [1.54, 1.807) is 18.3 Å². The van der Waals surface area contributed by atoms with Crippen LogP contribution in [-0.4, -0.2) is 11.0 Å². The number of benzene rings is 1. The van der Waals surface area contributed by atoms with Gasteiger partial charge in [-0.2, -0.15) is 0 Å². The monoisotopic (exact) mass is 237 g/mol. The van der Waals surface area contributed by atoms with Gasteiger partial charge < -0.3 is 9.72 Å². The average Bonchev–Trinajstić information content (AvgIpc) is 2.61. The summed E-state index contributed by atoms with van der Waals surface area (Å²) in [6.45, 7) is 1.94. The number of carbonyl (C=O) groups is 1. The van der Waals surface area contributed by atoms with Crippen LogP contribution in [0.2, 0.25) is 5.02 Å². The predicted molar refractivity (Wildman–Crippen MR) is 63.9 cm³/mol. The van der Waals surface area contributed by atoms with Gasteiger partial charge in [-0.15, -0.1) is 0 Å². The molecule has 0 aliphatic heterocycles. The van der Waals surface area contributed by atoms with E-state index in [1.807, 2.05) is 13.0 Å². The van der Waals surface area contributed by atoms with E-state index in [9.17, 15) is 4.79 Å². The minimum atomic E-state index is -0.210. The highest BCUT2D eigenvalue weighted by Crippen LogP contribution is 2.27. The summed E-state index contributed by atoms with van der Waals surface area (Å²) in [6.07, 6.45) is 2.89. The molecule has 1 aromatic carbocycles. The standard InChI is InChI=1S/C12H12ClNO2/c1-2-3-12(15)16-11-7-14-10-6-8(13)4-5-9(10)11/h4-7,14H,2-3H2,1H3. The Morgan fingerprint density at radius 3 is 3.06 bits per heavy atom. The number of hydrogen-bond acceptors (Lipinski definition) is 2. The second-order valence-electron chi connectivity index (χ2n) is 3.57. The molecular weight excluding hydrogens is 226 g/mol. The fourth-order valence-electron chi connectivity index (χ4n) is 1.53. The number of aromatic nitrogens is 1. The van der Waals surface area contributed by atoms with E-state index in [0.717, 1.165) is 17.3 Å². The number of carbonyl (C=O) groups excluding carboxylic acids is 1.